The van der Waals surface area contributed by atoms with Crippen LogP contribution in [-0.4, -0.2) is 25.0 Å². The number of fused-ring (bicyclic) bond motifs is 1. The highest BCUT2D eigenvalue weighted by Gasteiger charge is 2.28. The molecule has 5 nitrogen and oxygen atoms in total. The molecule has 0 aliphatic carbocycles. The van der Waals surface area contributed by atoms with E-state index in [0.717, 1.165) is 6.42 Å². The van der Waals surface area contributed by atoms with Gasteiger partial charge in [0.2, 0.25) is 5.91 Å². The van der Waals surface area contributed by atoms with E-state index in [1.165, 1.54) is 12.1 Å². The molecule has 1 aliphatic heterocycles. The van der Waals surface area contributed by atoms with Crippen LogP contribution in [0.15, 0.2) is 45.3 Å². The molecule has 0 unspecified atom stereocenters. The first-order valence-corrected chi connectivity index (χ1v) is 9.78. The van der Waals surface area contributed by atoms with E-state index in [0.29, 0.717) is 45.4 Å². The van der Waals surface area contributed by atoms with E-state index in [1.807, 2.05) is 0 Å². The average Bonchev–Trinajstić information content (AvgIpc) is 3.25. The third-order valence-electron chi connectivity index (χ3n) is 4.71. The maximum Gasteiger partial charge on any atom is 0.342 e. The Kier molecular flexibility index (Phi) is 4.93. The summed E-state index contributed by atoms with van der Waals surface area (Å²) in [6, 6.07) is 9.23. The van der Waals surface area contributed by atoms with Crippen molar-refractivity contribution in [2.24, 2.45) is 0 Å². The molecule has 7 heteroatoms. The standard InChI is InChI=1S/C21H17BrFNO4/c1-2-27-21(26)19-14-10-15(22)16(24-9-3-4-18(24)25)11-17(14)28-20(19)12-5-7-13(23)8-6-12/h5-8,10-11H,2-4,9H2,1H3. The molecule has 0 N–H and O–H groups in total. The van der Waals surface area contributed by atoms with E-state index in [-0.39, 0.29) is 23.9 Å². The van der Waals surface area contributed by atoms with E-state index < -0.39 is 5.97 Å². The van der Waals surface area contributed by atoms with Crippen LogP contribution in [-0.2, 0) is 9.53 Å². The maximum atomic E-state index is 13.3. The highest BCUT2D eigenvalue weighted by Crippen LogP contribution is 2.40. The van der Waals surface area contributed by atoms with E-state index in [9.17, 15) is 14.0 Å². The molecule has 2 heterocycles. The summed E-state index contributed by atoms with van der Waals surface area (Å²) in [6.07, 6.45) is 1.31. The Morgan fingerprint density at radius 3 is 2.68 bits per heavy atom. The molecule has 4 rings (SSSR count). The van der Waals surface area contributed by atoms with Gasteiger partial charge in [0.1, 0.15) is 22.7 Å². The normalized spacial score (nSPS) is 14.1. The van der Waals surface area contributed by atoms with Crippen LogP contribution >= 0.6 is 15.9 Å². The molecule has 1 aromatic heterocycles. The van der Waals surface area contributed by atoms with E-state index in [2.05, 4.69) is 15.9 Å². The van der Waals surface area contributed by atoms with Crippen molar-refractivity contribution >= 4 is 44.5 Å². The number of halogens is 2. The summed E-state index contributed by atoms with van der Waals surface area (Å²) in [6.45, 7) is 2.58. The van der Waals surface area contributed by atoms with Crippen LogP contribution in [0.3, 0.4) is 0 Å². The zero-order chi connectivity index (χ0) is 19.8. The zero-order valence-corrected chi connectivity index (χ0v) is 16.7. The summed E-state index contributed by atoms with van der Waals surface area (Å²) in [5, 5.41) is 0.569. The fourth-order valence-corrected chi connectivity index (χ4v) is 3.98. The fraction of sp³-hybridized carbons (Fsp3) is 0.238. The molecule has 144 valence electrons. The van der Waals surface area contributed by atoms with Crippen molar-refractivity contribution in [2.75, 3.05) is 18.1 Å². The van der Waals surface area contributed by atoms with Gasteiger partial charge in [-0.05, 0) is 59.6 Å². The molecule has 0 bridgehead atoms. The molecule has 0 radical (unpaired) electrons. The lowest BCUT2D eigenvalue weighted by Crippen LogP contribution is -2.23. The van der Waals surface area contributed by atoms with E-state index in [1.54, 1.807) is 36.1 Å². The minimum Gasteiger partial charge on any atom is -0.462 e. The smallest absolute Gasteiger partial charge is 0.342 e. The van der Waals surface area contributed by atoms with Crippen molar-refractivity contribution in [1.82, 2.24) is 0 Å². The molecule has 0 spiro atoms. The first kappa shape index (κ1) is 18.7. The van der Waals surface area contributed by atoms with Crippen LogP contribution in [0.5, 0.6) is 0 Å². The number of carbonyl (C=O) groups is 2. The molecular weight excluding hydrogens is 429 g/mol. The summed E-state index contributed by atoms with van der Waals surface area (Å²) in [5.74, 6) is -0.533. The quantitative estimate of drug-likeness (QED) is 0.510. The number of ether oxygens (including phenoxy) is 1. The number of esters is 1. The van der Waals surface area contributed by atoms with Gasteiger partial charge in [-0.2, -0.15) is 0 Å². The number of amides is 1. The lowest BCUT2D eigenvalue weighted by Gasteiger charge is -2.17. The van der Waals surface area contributed by atoms with Gasteiger partial charge in [-0.3, -0.25) is 4.79 Å². The Morgan fingerprint density at radius 1 is 1.29 bits per heavy atom. The van der Waals surface area contributed by atoms with Gasteiger partial charge in [-0.15, -0.1) is 0 Å². The zero-order valence-electron chi connectivity index (χ0n) is 15.1. The molecule has 28 heavy (non-hydrogen) atoms. The highest BCUT2D eigenvalue weighted by atomic mass is 79.9. The summed E-state index contributed by atoms with van der Waals surface area (Å²) < 4.78 is 25.2. The number of nitrogens with zero attached hydrogens (tertiary/aromatic N) is 1. The third-order valence-corrected chi connectivity index (χ3v) is 5.34. The molecule has 0 atom stereocenters. The Balaban J connectivity index is 1.92. The number of furan rings is 1. The Hall–Kier alpha value is -2.67. The highest BCUT2D eigenvalue weighted by molar-refractivity contribution is 9.10. The minimum atomic E-state index is -0.516. The van der Waals surface area contributed by atoms with Crippen molar-refractivity contribution in [1.29, 1.82) is 0 Å². The summed E-state index contributed by atoms with van der Waals surface area (Å²) in [5.41, 5.74) is 2.00. The lowest BCUT2D eigenvalue weighted by molar-refractivity contribution is -0.117. The van der Waals surface area contributed by atoms with Gasteiger partial charge in [-0.25, -0.2) is 9.18 Å². The predicted octanol–water partition coefficient (Wildman–Crippen LogP) is 5.30. The molecule has 1 amide bonds. The number of benzene rings is 2. The van der Waals surface area contributed by atoms with Crippen molar-refractivity contribution in [3.63, 3.8) is 0 Å². The lowest BCUT2D eigenvalue weighted by atomic mass is 10.1. The van der Waals surface area contributed by atoms with Crippen LogP contribution < -0.4 is 4.90 Å². The van der Waals surface area contributed by atoms with Gasteiger partial charge in [0, 0.05) is 34.5 Å². The van der Waals surface area contributed by atoms with Gasteiger partial charge in [0.25, 0.3) is 0 Å². The molecule has 0 saturated carbocycles. The molecule has 3 aromatic rings. The second kappa shape index (κ2) is 7.39. The Labute approximate surface area is 169 Å². The molecule has 2 aromatic carbocycles. The average molecular weight is 446 g/mol. The predicted molar refractivity (Wildman–Crippen MR) is 107 cm³/mol. The number of rotatable bonds is 4. The minimum absolute atomic E-state index is 0.0518. The van der Waals surface area contributed by atoms with E-state index in [4.69, 9.17) is 9.15 Å². The van der Waals surface area contributed by atoms with Crippen LogP contribution in [0.2, 0.25) is 0 Å². The van der Waals surface area contributed by atoms with Crippen molar-refractivity contribution in [3.8, 4) is 11.3 Å². The Morgan fingerprint density at radius 2 is 2.04 bits per heavy atom. The fourth-order valence-electron chi connectivity index (χ4n) is 3.43. The monoisotopic (exact) mass is 445 g/mol. The SMILES string of the molecule is CCOC(=O)c1c(-c2ccc(F)cc2)oc2cc(N3CCCC3=O)c(Br)cc12. The summed E-state index contributed by atoms with van der Waals surface area (Å²) in [4.78, 5) is 26.5. The van der Waals surface area contributed by atoms with Crippen molar-refractivity contribution < 1.29 is 23.1 Å². The van der Waals surface area contributed by atoms with Crippen molar-refractivity contribution in [2.45, 2.75) is 19.8 Å². The van der Waals surface area contributed by atoms with Gasteiger partial charge in [0.15, 0.2) is 0 Å². The summed E-state index contributed by atoms with van der Waals surface area (Å²) >= 11 is 3.51. The Bertz CT molecular complexity index is 1070. The first-order chi connectivity index (χ1) is 13.5. The van der Waals surface area contributed by atoms with Gasteiger partial charge in [-0.1, -0.05) is 0 Å². The number of hydrogen-bond donors (Lipinski definition) is 0. The van der Waals surface area contributed by atoms with Gasteiger partial charge >= 0.3 is 5.97 Å². The molecule has 1 aliphatic rings. The maximum absolute atomic E-state index is 13.3. The number of carbonyl (C=O) groups excluding carboxylic acids is 2. The second-order valence-corrected chi connectivity index (χ2v) is 7.34. The van der Waals surface area contributed by atoms with Crippen LogP contribution in [0.4, 0.5) is 10.1 Å². The topological polar surface area (TPSA) is 59.8 Å². The third kappa shape index (κ3) is 3.20. The molecule has 1 saturated heterocycles. The van der Waals surface area contributed by atoms with Gasteiger partial charge < -0.3 is 14.1 Å². The van der Waals surface area contributed by atoms with Crippen LogP contribution in [0.25, 0.3) is 22.3 Å². The largest absolute Gasteiger partial charge is 0.462 e. The van der Waals surface area contributed by atoms with Gasteiger partial charge in [0.05, 0.1) is 12.3 Å². The molecule has 1 fully saturated rings. The summed E-state index contributed by atoms with van der Waals surface area (Å²) in [7, 11) is 0. The van der Waals surface area contributed by atoms with E-state index >= 15 is 0 Å². The van der Waals surface area contributed by atoms with Crippen LogP contribution in [0.1, 0.15) is 30.1 Å². The van der Waals surface area contributed by atoms with Crippen LogP contribution in [0, 0.1) is 5.82 Å². The molecular formula is C21H17BrFNO4. The van der Waals surface area contributed by atoms with Crippen molar-refractivity contribution in [3.05, 3.63) is 52.3 Å². The number of anilines is 1. The first-order valence-electron chi connectivity index (χ1n) is 8.99. The second-order valence-electron chi connectivity index (χ2n) is 6.48. The number of hydrogen-bond acceptors (Lipinski definition) is 4.